The van der Waals surface area contributed by atoms with Crippen molar-refractivity contribution < 1.29 is 18.3 Å². The van der Waals surface area contributed by atoms with Crippen LogP contribution in [0.25, 0.3) is 0 Å². The highest BCUT2D eigenvalue weighted by atomic mass is 32.2. The lowest BCUT2D eigenvalue weighted by Gasteiger charge is -2.17. The molecule has 0 heterocycles. The zero-order valence-electron chi connectivity index (χ0n) is 7.38. The Balaban J connectivity index is 3.06. The van der Waals surface area contributed by atoms with E-state index in [-0.39, 0.29) is 5.56 Å². The number of alkyl halides is 3. The van der Waals surface area contributed by atoms with Gasteiger partial charge in [-0.15, -0.1) is 11.8 Å². The standard InChI is InChI=1S/C9H9F3OS/c1-14-7-5-3-2-4-6(7)8(13)9(10,11)12/h2-5,8,13H,1H3/t8-/m1/s1. The molecule has 0 radical (unpaired) electrons. The van der Waals surface area contributed by atoms with E-state index in [0.717, 1.165) is 0 Å². The predicted octanol–water partition coefficient (Wildman–Crippen LogP) is 3.00. The molecule has 1 aromatic carbocycles. The molecular formula is C9H9F3OS. The zero-order chi connectivity index (χ0) is 10.8. The molecule has 0 amide bonds. The Morgan fingerprint density at radius 3 is 2.36 bits per heavy atom. The fraction of sp³-hybridized carbons (Fsp3) is 0.333. The number of hydrogen-bond acceptors (Lipinski definition) is 2. The molecule has 0 spiro atoms. The molecule has 0 aromatic heterocycles. The normalized spacial score (nSPS) is 14.1. The van der Waals surface area contributed by atoms with E-state index in [9.17, 15) is 13.2 Å². The first-order valence-corrected chi connectivity index (χ1v) is 5.07. The van der Waals surface area contributed by atoms with Crippen LogP contribution in [0.2, 0.25) is 0 Å². The summed E-state index contributed by atoms with van der Waals surface area (Å²) in [7, 11) is 0. The van der Waals surface area contributed by atoms with Gasteiger partial charge in [0.25, 0.3) is 0 Å². The van der Waals surface area contributed by atoms with Crippen molar-refractivity contribution >= 4 is 11.8 Å². The second kappa shape index (κ2) is 4.23. The van der Waals surface area contributed by atoms with Gasteiger partial charge in [-0.25, -0.2) is 0 Å². The summed E-state index contributed by atoms with van der Waals surface area (Å²) >= 11 is 1.18. The summed E-state index contributed by atoms with van der Waals surface area (Å²) in [6, 6.07) is 5.95. The highest BCUT2D eigenvalue weighted by Crippen LogP contribution is 2.36. The van der Waals surface area contributed by atoms with Crippen LogP contribution in [0.5, 0.6) is 0 Å². The largest absolute Gasteiger partial charge is 0.418 e. The van der Waals surface area contributed by atoms with Gasteiger partial charge in [0.1, 0.15) is 0 Å². The van der Waals surface area contributed by atoms with Crippen LogP contribution in [0, 0.1) is 0 Å². The minimum atomic E-state index is -4.61. The summed E-state index contributed by atoms with van der Waals surface area (Å²) in [5.41, 5.74) is -0.0903. The summed E-state index contributed by atoms with van der Waals surface area (Å²) < 4.78 is 36.6. The lowest BCUT2D eigenvalue weighted by Crippen LogP contribution is -2.20. The first-order chi connectivity index (χ1) is 6.46. The molecule has 0 aliphatic carbocycles. The summed E-state index contributed by atoms with van der Waals surface area (Å²) in [6.07, 6.45) is -5.33. The maximum atomic E-state index is 12.2. The SMILES string of the molecule is CSc1ccccc1[C@@H](O)C(F)(F)F. The van der Waals surface area contributed by atoms with Gasteiger partial charge in [-0.3, -0.25) is 0 Å². The van der Waals surface area contributed by atoms with E-state index in [4.69, 9.17) is 5.11 Å². The monoisotopic (exact) mass is 222 g/mol. The highest BCUT2D eigenvalue weighted by molar-refractivity contribution is 7.98. The van der Waals surface area contributed by atoms with E-state index >= 15 is 0 Å². The quantitative estimate of drug-likeness (QED) is 0.776. The molecule has 0 bridgehead atoms. The summed E-state index contributed by atoms with van der Waals surface area (Å²) in [5.74, 6) is 0. The Kier molecular flexibility index (Phi) is 3.44. The minimum absolute atomic E-state index is 0.0903. The Labute approximate surface area is 83.9 Å². The van der Waals surface area contributed by atoms with Gasteiger partial charge in [0, 0.05) is 10.5 Å². The maximum Gasteiger partial charge on any atom is 0.418 e. The molecule has 1 atom stereocenters. The third-order valence-corrected chi connectivity index (χ3v) is 2.56. The lowest BCUT2D eigenvalue weighted by molar-refractivity contribution is -0.207. The van der Waals surface area contributed by atoms with Crippen LogP contribution >= 0.6 is 11.8 Å². The van der Waals surface area contributed by atoms with Crippen molar-refractivity contribution in [1.82, 2.24) is 0 Å². The second-order valence-corrected chi connectivity index (χ2v) is 3.53. The molecule has 0 unspecified atom stereocenters. The Morgan fingerprint density at radius 2 is 1.86 bits per heavy atom. The topological polar surface area (TPSA) is 20.2 Å². The molecule has 0 aliphatic rings. The van der Waals surface area contributed by atoms with Crippen LogP contribution in [0.4, 0.5) is 13.2 Å². The lowest BCUT2D eigenvalue weighted by atomic mass is 10.1. The van der Waals surface area contributed by atoms with Crippen LogP contribution in [0.3, 0.4) is 0 Å². The first-order valence-electron chi connectivity index (χ1n) is 3.84. The fourth-order valence-corrected chi connectivity index (χ4v) is 1.70. The van der Waals surface area contributed by atoms with E-state index in [1.165, 1.54) is 23.9 Å². The van der Waals surface area contributed by atoms with Crippen LogP contribution in [0.15, 0.2) is 29.2 Å². The number of thioether (sulfide) groups is 1. The molecule has 5 heteroatoms. The van der Waals surface area contributed by atoms with Crippen LogP contribution in [-0.2, 0) is 0 Å². The summed E-state index contributed by atoms with van der Waals surface area (Å²) in [4.78, 5) is 0.442. The first kappa shape index (κ1) is 11.4. The van der Waals surface area contributed by atoms with Gasteiger partial charge < -0.3 is 5.11 Å². The van der Waals surface area contributed by atoms with Gasteiger partial charge in [-0.2, -0.15) is 13.2 Å². The molecule has 78 valence electrons. The van der Waals surface area contributed by atoms with Crippen molar-refractivity contribution in [2.75, 3.05) is 6.26 Å². The van der Waals surface area contributed by atoms with Gasteiger partial charge in [0.05, 0.1) is 0 Å². The van der Waals surface area contributed by atoms with Gasteiger partial charge >= 0.3 is 6.18 Å². The smallest absolute Gasteiger partial charge is 0.379 e. The fourth-order valence-electron chi connectivity index (χ4n) is 1.07. The zero-order valence-corrected chi connectivity index (χ0v) is 8.19. The molecule has 14 heavy (non-hydrogen) atoms. The number of hydrogen-bond donors (Lipinski definition) is 1. The van der Waals surface area contributed by atoms with Crippen LogP contribution < -0.4 is 0 Å². The average Bonchev–Trinajstić information content (AvgIpc) is 2.15. The van der Waals surface area contributed by atoms with Crippen LogP contribution in [0.1, 0.15) is 11.7 Å². The van der Waals surface area contributed by atoms with Crippen molar-refractivity contribution in [1.29, 1.82) is 0 Å². The van der Waals surface area contributed by atoms with Gasteiger partial charge in [-0.05, 0) is 12.3 Å². The van der Waals surface area contributed by atoms with Crippen LogP contribution in [-0.4, -0.2) is 17.5 Å². The van der Waals surface area contributed by atoms with Crippen molar-refractivity contribution in [3.05, 3.63) is 29.8 Å². The molecule has 0 saturated carbocycles. The van der Waals surface area contributed by atoms with Gasteiger partial charge in [-0.1, -0.05) is 18.2 Å². The highest BCUT2D eigenvalue weighted by Gasteiger charge is 2.40. The van der Waals surface area contributed by atoms with Gasteiger partial charge in [0.2, 0.25) is 0 Å². The number of aliphatic hydroxyl groups is 1. The second-order valence-electron chi connectivity index (χ2n) is 2.69. The van der Waals surface area contributed by atoms with Crippen molar-refractivity contribution in [2.45, 2.75) is 17.2 Å². The molecule has 0 fully saturated rings. The van der Waals surface area contributed by atoms with Crippen molar-refractivity contribution in [2.24, 2.45) is 0 Å². The number of aliphatic hydroxyl groups excluding tert-OH is 1. The van der Waals surface area contributed by atoms with E-state index < -0.39 is 12.3 Å². The maximum absolute atomic E-state index is 12.2. The number of rotatable bonds is 2. The van der Waals surface area contributed by atoms with E-state index in [2.05, 4.69) is 0 Å². The molecule has 0 saturated heterocycles. The molecule has 1 N–H and O–H groups in total. The van der Waals surface area contributed by atoms with E-state index in [1.807, 2.05) is 0 Å². The van der Waals surface area contributed by atoms with Crippen molar-refractivity contribution in [3.8, 4) is 0 Å². The molecule has 1 nitrogen and oxygen atoms in total. The van der Waals surface area contributed by atoms with E-state index in [0.29, 0.717) is 4.90 Å². The number of benzene rings is 1. The molecular weight excluding hydrogens is 213 g/mol. The summed E-state index contributed by atoms with van der Waals surface area (Å²) in [6.45, 7) is 0. The van der Waals surface area contributed by atoms with E-state index in [1.54, 1.807) is 18.4 Å². The predicted molar refractivity (Wildman–Crippen MR) is 49.2 cm³/mol. The number of halogens is 3. The Bertz CT molecular complexity index is 311. The Morgan fingerprint density at radius 1 is 1.29 bits per heavy atom. The molecule has 1 rings (SSSR count). The summed E-state index contributed by atoms with van der Waals surface area (Å²) in [5, 5.41) is 9.03. The Hall–Kier alpha value is -0.680. The third kappa shape index (κ3) is 2.42. The van der Waals surface area contributed by atoms with Gasteiger partial charge in [0.15, 0.2) is 6.10 Å². The van der Waals surface area contributed by atoms with Crippen molar-refractivity contribution in [3.63, 3.8) is 0 Å². The molecule has 0 aliphatic heterocycles. The molecule has 1 aromatic rings. The average molecular weight is 222 g/mol. The minimum Gasteiger partial charge on any atom is -0.379 e. The third-order valence-electron chi connectivity index (χ3n) is 1.74.